The van der Waals surface area contributed by atoms with E-state index in [9.17, 15) is 4.79 Å². The van der Waals surface area contributed by atoms with Gasteiger partial charge in [0, 0.05) is 25.0 Å². The Morgan fingerprint density at radius 1 is 1.10 bits per heavy atom. The molecule has 1 aliphatic heterocycles. The van der Waals surface area contributed by atoms with Gasteiger partial charge in [0.25, 0.3) is 0 Å². The molecule has 2 fully saturated rings. The first-order valence-corrected chi connectivity index (χ1v) is 8.39. The van der Waals surface area contributed by atoms with Crippen molar-refractivity contribution in [1.29, 1.82) is 0 Å². The lowest BCUT2D eigenvalue weighted by atomic mass is 10.0. The smallest absolute Gasteiger partial charge is 0.225 e. The Morgan fingerprint density at radius 2 is 1.81 bits per heavy atom. The minimum absolute atomic E-state index is 0.375. The number of carbonyl (C=O) groups excluding carboxylic acids is 1. The number of likely N-dealkylation sites (tertiary alicyclic amines) is 1. The van der Waals surface area contributed by atoms with E-state index in [2.05, 4.69) is 40.5 Å². The average molecular weight is 286 g/mol. The fourth-order valence-corrected chi connectivity index (χ4v) is 3.14. The number of rotatable bonds is 6. The molecule has 0 radical (unpaired) electrons. The van der Waals surface area contributed by atoms with Gasteiger partial charge in [-0.05, 0) is 50.6 Å². The van der Waals surface area contributed by atoms with E-state index in [1.54, 1.807) is 0 Å². The van der Waals surface area contributed by atoms with Crippen LogP contribution in [0.4, 0.5) is 0 Å². The third kappa shape index (κ3) is 4.31. The molecule has 1 N–H and O–H groups in total. The molecular formula is C18H26N2O. The average Bonchev–Trinajstić information content (AvgIpc) is 3.37. The minimum Gasteiger partial charge on any atom is -0.342 e. The maximum atomic E-state index is 12.0. The first-order chi connectivity index (χ1) is 10.3. The normalized spacial score (nSPS) is 19.7. The predicted octanol–water partition coefficient (Wildman–Crippen LogP) is 2.61. The number of amides is 1. The maximum absolute atomic E-state index is 12.0. The van der Waals surface area contributed by atoms with Crippen LogP contribution in [0.1, 0.15) is 37.7 Å². The Bertz CT molecular complexity index is 448. The summed E-state index contributed by atoms with van der Waals surface area (Å²) in [5.41, 5.74) is 1.42. The monoisotopic (exact) mass is 286 g/mol. The molecule has 0 atom stereocenters. The highest BCUT2D eigenvalue weighted by Crippen LogP contribution is 2.31. The van der Waals surface area contributed by atoms with Crippen LogP contribution in [0.3, 0.4) is 0 Å². The molecule has 1 saturated heterocycles. The summed E-state index contributed by atoms with van der Waals surface area (Å²) < 4.78 is 0. The van der Waals surface area contributed by atoms with E-state index in [-0.39, 0.29) is 0 Å². The summed E-state index contributed by atoms with van der Waals surface area (Å²) in [7, 11) is 0. The van der Waals surface area contributed by atoms with Crippen molar-refractivity contribution in [2.45, 2.75) is 44.6 Å². The molecule has 1 heterocycles. The molecule has 0 bridgehead atoms. The number of benzene rings is 1. The number of nitrogens with one attached hydrogen (secondary N) is 1. The molecule has 3 nitrogen and oxygen atoms in total. The van der Waals surface area contributed by atoms with Crippen LogP contribution in [0, 0.1) is 5.92 Å². The topological polar surface area (TPSA) is 32.3 Å². The quantitative estimate of drug-likeness (QED) is 0.815. The van der Waals surface area contributed by atoms with Crippen molar-refractivity contribution >= 4 is 5.91 Å². The molecule has 0 aromatic heterocycles. The van der Waals surface area contributed by atoms with Gasteiger partial charge in [-0.25, -0.2) is 0 Å². The van der Waals surface area contributed by atoms with Crippen LogP contribution >= 0.6 is 0 Å². The molecule has 1 amide bonds. The van der Waals surface area contributed by atoms with Crippen LogP contribution < -0.4 is 5.32 Å². The lowest BCUT2D eigenvalue weighted by molar-refractivity contribution is -0.133. The molecule has 2 aliphatic rings. The lowest BCUT2D eigenvalue weighted by Gasteiger charge is -2.32. The van der Waals surface area contributed by atoms with Gasteiger partial charge >= 0.3 is 0 Å². The van der Waals surface area contributed by atoms with Crippen molar-refractivity contribution in [3.05, 3.63) is 35.9 Å². The van der Waals surface area contributed by atoms with Crippen molar-refractivity contribution in [1.82, 2.24) is 10.2 Å². The van der Waals surface area contributed by atoms with Gasteiger partial charge in [-0.15, -0.1) is 0 Å². The van der Waals surface area contributed by atoms with Gasteiger partial charge in [0.05, 0.1) is 0 Å². The summed E-state index contributed by atoms with van der Waals surface area (Å²) in [6, 6.07) is 11.3. The second kappa shape index (κ2) is 7.08. The largest absolute Gasteiger partial charge is 0.342 e. The summed E-state index contributed by atoms with van der Waals surface area (Å²) in [5.74, 6) is 0.790. The fraction of sp³-hybridized carbons (Fsp3) is 0.611. The van der Waals surface area contributed by atoms with Crippen molar-refractivity contribution < 1.29 is 4.79 Å². The van der Waals surface area contributed by atoms with Gasteiger partial charge in [-0.3, -0.25) is 4.79 Å². The third-order valence-electron chi connectivity index (χ3n) is 4.65. The molecule has 114 valence electrons. The first kappa shape index (κ1) is 14.6. The summed E-state index contributed by atoms with van der Waals surface area (Å²) >= 11 is 0. The van der Waals surface area contributed by atoms with E-state index < -0.39 is 0 Å². The standard InChI is InChI=1S/C18H26N2O/c21-18(16-8-9-16)20-13-10-17(11-14-20)19-12-4-7-15-5-2-1-3-6-15/h1-3,5-6,16-17,19H,4,7-14H2. The summed E-state index contributed by atoms with van der Waals surface area (Å²) in [4.78, 5) is 14.1. The minimum atomic E-state index is 0.375. The van der Waals surface area contributed by atoms with E-state index in [1.807, 2.05) is 0 Å². The molecule has 0 spiro atoms. The summed E-state index contributed by atoms with van der Waals surface area (Å²) in [6.07, 6.45) is 6.80. The van der Waals surface area contributed by atoms with Crippen LogP contribution in [-0.2, 0) is 11.2 Å². The number of nitrogens with zero attached hydrogens (tertiary/aromatic N) is 1. The predicted molar refractivity (Wildman–Crippen MR) is 85.1 cm³/mol. The Kier molecular flexibility index (Phi) is 4.91. The highest BCUT2D eigenvalue weighted by Gasteiger charge is 2.34. The lowest BCUT2D eigenvalue weighted by Crippen LogP contribution is -2.45. The van der Waals surface area contributed by atoms with Crippen LogP contribution in [0.5, 0.6) is 0 Å². The summed E-state index contributed by atoms with van der Waals surface area (Å²) in [5, 5.41) is 3.66. The zero-order chi connectivity index (χ0) is 14.5. The molecule has 21 heavy (non-hydrogen) atoms. The SMILES string of the molecule is O=C(C1CC1)N1CCC(NCCCc2ccccc2)CC1. The molecule has 0 unspecified atom stereocenters. The van der Waals surface area contributed by atoms with E-state index in [1.165, 1.54) is 12.0 Å². The molecule has 1 aromatic carbocycles. The second-order valence-electron chi connectivity index (χ2n) is 6.42. The molecule has 3 heteroatoms. The molecule has 3 rings (SSSR count). The van der Waals surface area contributed by atoms with Gasteiger partial charge < -0.3 is 10.2 Å². The van der Waals surface area contributed by atoms with Gasteiger partial charge in [-0.2, -0.15) is 0 Å². The van der Waals surface area contributed by atoms with E-state index in [4.69, 9.17) is 0 Å². The van der Waals surface area contributed by atoms with Crippen LogP contribution in [0.15, 0.2) is 30.3 Å². The zero-order valence-corrected chi connectivity index (χ0v) is 12.8. The molecular weight excluding hydrogens is 260 g/mol. The van der Waals surface area contributed by atoms with Crippen LogP contribution in [-0.4, -0.2) is 36.5 Å². The Hall–Kier alpha value is -1.35. The third-order valence-corrected chi connectivity index (χ3v) is 4.65. The van der Waals surface area contributed by atoms with Gasteiger partial charge in [0.1, 0.15) is 0 Å². The van der Waals surface area contributed by atoms with Gasteiger partial charge in [0.2, 0.25) is 5.91 Å². The van der Waals surface area contributed by atoms with Crippen molar-refractivity contribution in [2.75, 3.05) is 19.6 Å². The Labute approximate surface area is 127 Å². The van der Waals surface area contributed by atoms with Gasteiger partial charge in [0.15, 0.2) is 0 Å². The number of carbonyl (C=O) groups is 1. The second-order valence-corrected chi connectivity index (χ2v) is 6.42. The van der Waals surface area contributed by atoms with E-state index in [0.29, 0.717) is 17.9 Å². The Morgan fingerprint density at radius 3 is 2.48 bits per heavy atom. The van der Waals surface area contributed by atoms with E-state index in [0.717, 1.165) is 51.7 Å². The van der Waals surface area contributed by atoms with Crippen LogP contribution in [0.25, 0.3) is 0 Å². The van der Waals surface area contributed by atoms with Gasteiger partial charge in [-0.1, -0.05) is 30.3 Å². The number of piperidine rings is 1. The van der Waals surface area contributed by atoms with Crippen molar-refractivity contribution in [3.8, 4) is 0 Å². The first-order valence-electron chi connectivity index (χ1n) is 8.39. The van der Waals surface area contributed by atoms with E-state index >= 15 is 0 Å². The van der Waals surface area contributed by atoms with Crippen molar-refractivity contribution in [2.24, 2.45) is 5.92 Å². The zero-order valence-electron chi connectivity index (χ0n) is 12.8. The maximum Gasteiger partial charge on any atom is 0.225 e. The molecule has 1 aromatic rings. The highest BCUT2D eigenvalue weighted by molar-refractivity contribution is 5.81. The Balaban J connectivity index is 1.30. The number of hydrogen-bond donors (Lipinski definition) is 1. The van der Waals surface area contributed by atoms with Crippen molar-refractivity contribution in [3.63, 3.8) is 0 Å². The molecule has 1 aliphatic carbocycles. The highest BCUT2D eigenvalue weighted by atomic mass is 16.2. The number of aryl methyl sites for hydroxylation is 1. The fourth-order valence-electron chi connectivity index (χ4n) is 3.14. The van der Waals surface area contributed by atoms with Crippen LogP contribution in [0.2, 0.25) is 0 Å². The summed E-state index contributed by atoms with van der Waals surface area (Å²) in [6.45, 7) is 2.98. The molecule has 1 saturated carbocycles. The number of hydrogen-bond acceptors (Lipinski definition) is 2.